The molecule has 1 atom stereocenters. The Morgan fingerprint density at radius 3 is 2.94 bits per heavy atom. The van der Waals surface area contributed by atoms with Crippen molar-refractivity contribution in [2.75, 3.05) is 11.1 Å². The number of aliphatic hydroxyl groups is 1. The van der Waals surface area contributed by atoms with Crippen molar-refractivity contribution < 1.29 is 9.90 Å². The maximum atomic E-state index is 11.8. The van der Waals surface area contributed by atoms with Gasteiger partial charge in [-0.2, -0.15) is 0 Å². The molecule has 0 aliphatic rings. The number of aromatic nitrogens is 1. The van der Waals surface area contributed by atoms with Gasteiger partial charge in [0, 0.05) is 16.9 Å². The van der Waals surface area contributed by atoms with Crippen molar-refractivity contribution in [2.24, 2.45) is 0 Å². The molecule has 1 unspecified atom stereocenters. The van der Waals surface area contributed by atoms with E-state index in [1.54, 1.807) is 24.3 Å². The molecule has 1 heterocycles. The van der Waals surface area contributed by atoms with Crippen LogP contribution in [0.2, 0.25) is 5.02 Å². The minimum atomic E-state index is -1.29. The molecule has 0 saturated heterocycles. The Kier molecular flexibility index (Phi) is 3.81. The van der Waals surface area contributed by atoms with Gasteiger partial charge in [0.2, 0.25) is 0 Å². The van der Waals surface area contributed by atoms with E-state index >= 15 is 0 Å². The van der Waals surface area contributed by atoms with Crippen LogP contribution in [0.1, 0.15) is 11.0 Å². The molecule has 2 rings (SSSR count). The summed E-state index contributed by atoms with van der Waals surface area (Å²) in [5.41, 5.74) is 5.95. The number of benzene rings is 1. The normalized spacial score (nSPS) is 12.1. The summed E-state index contributed by atoms with van der Waals surface area (Å²) in [6.07, 6.45) is 0.0844. The van der Waals surface area contributed by atoms with Gasteiger partial charge in [-0.25, -0.2) is 4.98 Å². The van der Waals surface area contributed by atoms with E-state index in [9.17, 15) is 9.90 Å². The van der Waals surface area contributed by atoms with Crippen molar-refractivity contribution in [3.05, 3.63) is 40.4 Å². The van der Waals surface area contributed by atoms with Crippen molar-refractivity contribution >= 4 is 39.7 Å². The Labute approximate surface area is 112 Å². The summed E-state index contributed by atoms with van der Waals surface area (Å²) in [5.74, 6) is -0.555. The molecule has 0 fully saturated rings. The van der Waals surface area contributed by atoms with Gasteiger partial charge in [-0.3, -0.25) is 4.79 Å². The maximum Gasteiger partial charge on any atom is 0.258 e. The smallest absolute Gasteiger partial charge is 0.258 e. The monoisotopic (exact) mass is 283 g/mol. The van der Waals surface area contributed by atoms with E-state index in [0.29, 0.717) is 20.7 Å². The second kappa shape index (κ2) is 5.34. The number of thiazole rings is 1. The number of nitrogens with one attached hydrogen (secondary N) is 1. The minimum absolute atomic E-state index is 0.305. The van der Waals surface area contributed by atoms with Crippen LogP contribution in [0.25, 0.3) is 0 Å². The number of aliphatic hydroxyl groups excluding tert-OH is 1. The summed E-state index contributed by atoms with van der Waals surface area (Å²) < 4.78 is 0. The van der Waals surface area contributed by atoms with Gasteiger partial charge < -0.3 is 16.2 Å². The highest BCUT2D eigenvalue weighted by atomic mass is 35.5. The molecule has 1 amide bonds. The predicted octanol–water partition coefficient (Wildman–Crippen LogP) is 2.05. The molecule has 0 spiro atoms. The Bertz CT molecular complexity index is 573. The number of nitrogens with two attached hydrogens (primary N) is 1. The summed E-state index contributed by atoms with van der Waals surface area (Å²) in [7, 11) is 0. The van der Waals surface area contributed by atoms with Crippen LogP contribution in [0.4, 0.5) is 10.8 Å². The SMILES string of the molecule is Nc1ncc(C(O)C(=O)Nc2cccc(Cl)c2)s1. The van der Waals surface area contributed by atoms with Crippen LogP contribution in [0.3, 0.4) is 0 Å². The van der Waals surface area contributed by atoms with E-state index in [1.165, 1.54) is 6.20 Å². The fraction of sp³-hybridized carbons (Fsp3) is 0.0909. The summed E-state index contributed by atoms with van der Waals surface area (Å²) in [6, 6.07) is 6.66. The quantitative estimate of drug-likeness (QED) is 0.804. The zero-order valence-corrected chi connectivity index (χ0v) is 10.7. The van der Waals surface area contributed by atoms with Gasteiger partial charge in [-0.15, -0.1) is 0 Å². The topological polar surface area (TPSA) is 88.2 Å². The molecule has 94 valence electrons. The number of amides is 1. The molecule has 7 heteroatoms. The lowest BCUT2D eigenvalue weighted by Crippen LogP contribution is -2.19. The van der Waals surface area contributed by atoms with Crippen molar-refractivity contribution in [1.29, 1.82) is 0 Å². The molecule has 1 aromatic heterocycles. The second-order valence-electron chi connectivity index (χ2n) is 3.50. The largest absolute Gasteiger partial charge is 0.378 e. The highest BCUT2D eigenvalue weighted by molar-refractivity contribution is 7.15. The van der Waals surface area contributed by atoms with Gasteiger partial charge in [-0.1, -0.05) is 29.0 Å². The van der Waals surface area contributed by atoms with Crippen LogP contribution in [0, 0.1) is 0 Å². The molecule has 2 aromatic rings. The number of nitrogen functional groups attached to an aromatic ring is 1. The van der Waals surface area contributed by atoms with Crippen molar-refractivity contribution in [1.82, 2.24) is 4.98 Å². The molecule has 0 bridgehead atoms. The number of halogens is 1. The minimum Gasteiger partial charge on any atom is -0.378 e. The number of carbonyl (C=O) groups excluding carboxylic acids is 1. The zero-order valence-electron chi connectivity index (χ0n) is 9.13. The van der Waals surface area contributed by atoms with Gasteiger partial charge in [0.15, 0.2) is 11.2 Å². The van der Waals surface area contributed by atoms with Crippen molar-refractivity contribution in [2.45, 2.75) is 6.10 Å². The number of nitrogens with zero attached hydrogens (tertiary/aromatic N) is 1. The number of hydrogen-bond donors (Lipinski definition) is 3. The summed E-state index contributed by atoms with van der Waals surface area (Å²) >= 11 is 6.86. The van der Waals surface area contributed by atoms with Gasteiger partial charge in [0.25, 0.3) is 5.91 Å². The average molecular weight is 284 g/mol. The zero-order chi connectivity index (χ0) is 13.1. The lowest BCUT2D eigenvalue weighted by molar-refractivity contribution is -0.124. The predicted molar refractivity (Wildman–Crippen MR) is 71.6 cm³/mol. The number of hydrogen-bond acceptors (Lipinski definition) is 5. The summed E-state index contributed by atoms with van der Waals surface area (Å²) in [6.45, 7) is 0. The maximum absolute atomic E-state index is 11.8. The molecule has 5 nitrogen and oxygen atoms in total. The van der Waals surface area contributed by atoms with Crippen LogP contribution in [0.5, 0.6) is 0 Å². The molecule has 4 N–H and O–H groups in total. The Morgan fingerprint density at radius 1 is 1.56 bits per heavy atom. The molecule has 0 saturated carbocycles. The third-order valence-corrected chi connectivity index (χ3v) is 3.27. The van der Waals surface area contributed by atoms with Gasteiger partial charge >= 0.3 is 0 Å². The third kappa shape index (κ3) is 2.98. The van der Waals surface area contributed by atoms with Crippen LogP contribution in [-0.2, 0) is 4.79 Å². The fourth-order valence-corrected chi connectivity index (χ4v) is 2.19. The first kappa shape index (κ1) is 12.8. The Hall–Kier alpha value is -1.63. The van der Waals surface area contributed by atoms with Gasteiger partial charge in [0.05, 0.1) is 4.88 Å². The second-order valence-corrected chi connectivity index (χ2v) is 5.03. The van der Waals surface area contributed by atoms with E-state index in [-0.39, 0.29) is 0 Å². The standard InChI is InChI=1S/C11H10ClN3O2S/c12-6-2-1-3-7(4-6)15-10(17)9(16)8-5-14-11(13)18-8/h1-5,9,16H,(H2,13,14)(H,15,17). The van der Waals surface area contributed by atoms with E-state index in [2.05, 4.69) is 10.3 Å². The number of rotatable bonds is 3. The van der Waals surface area contributed by atoms with Crippen LogP contribution >= 0.6 is 22.9 Å². The van der Waals surface area contributed by atoms with Crippen molar-refractivity contribution in [3.63, 3.8) is 0 Å². The molecular formula is C11H10ClN3O2S. The first-order chi connectivity index (χ1) is 8.56. The molecule has 18 heavy (non-hydrogen) atoms. The molecule has 0 aliphatic heterocycles. The lowest BCUT2D eigenvalue weighted by atomic mass is 10.2. The van der Waals surface area contributed by atoms with Crippen molar-refractivity contribution in [3.8, 4) is 0 Å². The first-order valence-corrected chi connectivity index (χ1v) is 6.21. The third-order valence-electron chi connectivity index (χ3n) is 2.15. The van der Waals surface area contributed by atoms with E-state index in [1.807, 2.05) is 0 Å². The van der Waals surface area contributed by atoms with Crippen LogP contribution < -0.4 is 11.1 Å². The van der Waals surface area contributed by atoms with Gasteiger partial charge in [-0.05, 0) is 18.2 Å². The highest BCUT2D eigenvalue weighted by Gasteiger charge is 2.19. The van der Waals surface area contributed by atoms with E-state index < -0.39 is 12.0 Å². The molecular weight excluding hydrogens is 274 g/mol. The van der Waals surface area contributed by atoms with Crippen LogP contribution in [0.15, 0.2) is 30.5 Å². The highest BCUT2D eigenvalue weighted by Crippen LogP contribution is 2.24. The average Bonchev–Trinajstić information content (AvgIpc) is 2.75. The van der Waals surface area contributed by atoms with E-state index in [0.717, 1.165) is 11.3 Å². The molecule has 0 radical (unpaired) electrons. The van der Waals surface area contributed by atoms with Gasteiger partial charge in [0.1, 0.15) is 0 Å². The fourth-order valence-electron chi connectivity index (χ4n) is 1.33. The first-order valence-electron chi connectivity index (χ1n) is 5.02. The summed E-state index contributed by atoms with van der Waals surface area (Å²) in [5, 5.41) is 13.2. The van der Waals surface area contributed by atoms with Crippen LogP contribution in [-0.4, -0.2) is 16.0 Å². The number of anilines is 2. The molecule has 0 aliphatic carbocycles. The Morgan fingerprint density at radius 2 is 2.33 bits per heavy atom. The lowest BCUT2D eigenvalue weighted by Gasteiger charge is -2.09. The summed E-state index contributed by atoms with van der Waals surface area (Å²) in [4.78, 5) is 15.9. The number of carbonyl (C=O) groups is 1. The molecule has 1 aromatic carbocycles. The van der Waals surface area contributed by atoms with E-state index in [4.69, 9.17) is 17.3 Å². The Balaban J connectivity index is 2.08.